The number of carbonyl (C=O) groups is 2. The van der Waals surface area contributed by atoms with E-state index in [1.165, 1.54) is 4.90 Å². The topological polar surface area (TPSA) is 63.0 Å². The number of imide groups is 1. The number of amides is 2. The number of aryl methyl sites for hydroxylation is 1. The zero-order valence-electron chi connectivity index (χ0n) is 15.2. The van der Waals surface area contributed by atoms with Crippen LogP contribution in [0.15, 0.2) is 77.4 Å². The van der Waals surface area contributed by atoms with Crippen LogP contribution in [0.3, 0.4) is 0 Å². The quantitative estimate of drug-likeness (QED) is 0.655. The lowest BCUT2D eigenvalue weighted by molar-refractivity contribution is -0.126. The summed E-state index contributed by atoms with van der Waals surface area (Å²) in [6, 6.07) is 19.8. The van der Waals surface area contributed by atoms with Crippen LogP contribution in [0.2, 0.25) is 0 Å². The summed E-state index contributed by atoms with van der Waals surface area (Å²) in [6.45, 7) is 1.96. The number of hydrogen-bond donors (Lipinski definition) is 0. The third-order valence-electron chi connectivity index (χ3n) is 5.25. The second-order valence-corrected chi connectivity index (χ2v) is 7.02. The molecule has 0 bridgehead atoms. The highest BCUT2D eigenvalue weighted by molar-refractivity contribution is 6.23. The van der Waals surface area contributed by atoms with Gasteiger partial charge in [-0.25, -0.2) is 9.96 Å². The third-order valence-corrected chi connectivity index (χ3v) is 5.25. The maximum atomic E-state index is 13.3. The van der Waals surface area contributed by atoms with Gasteiger partial charge in [0.15, 0.2) is 6.10 Å². The summed E-state index contributed by atoms with van der Waals surface area (Å²) in [4.78, 5) is 33.7. The molecular formula is C22H18N2O4. The van der Waals surface area contributed by atoms with E-state index in [0.717, 1.165) is 11.3 Å². The molecule has 3 aromatic rings. The van der Waals surface area contributed by atoms with Crippen LogP contribution in [0.5, 0.6) is 0 Å². The van der Waals surface area contributed by atoms with Gasteiger partial charge in [0.25, 0.3) is 5.91 Å². The van der Waals surface area contributed by atoms with E-state index in [1.807, 2.05) is 49.4 Å². The lowest BCUT2D eigenvalue weighted by Gasteiger charge is -2.27. The molecule has 2 saturated heterocycles. The van der Waals surface area contributed by atoms with Gasteiger partial charge >= 0.3 is 0 Å². The highest BCUT2D eigenvalue weighted by atomic mass is 16.7. The predicted octanol–water partition coefficient (Wildman–Crippen LogP) is 3.64. The predicted molar refractivity (Wildman–Crippen MR) is 102 cm³/mol. The number of nitrogens with zero attached hydrogens (tertiary/aromatic N) is 2. The van der Waals surface area contributed by atoms with Crippen molar-refractivity contribution in [3.05, 3.63) is 84.3 Å². The maximum absolute atomic E-state index is 13.3. The molecule has 0 aliphatic carbocycles. The van der Waals surface area contributed by atoms with Crippen molar-refractivity contribution >= 4 is 23.2 Å². The third kappa shape index (κ3) is 2.46. The van der Waals surface area contributed by atoms with Crippen molar-refractivity contribution in [1.82, 2.24) is 0 Å². The average molecular weight is 374 g/mol. The number of para-hydroxylation sites is 1. The Morgan fingerprint density at radius 1 is 0.821 bits per heavy atom. The van der Waals surface area contributed by atoms with Gasteiger partial charge in [0.2, 0.25) is 5.91 Å². The van der Waals surface area contributed by atoms with Crippen molar-refractivity contribution in [3.63, 3.8) is 0 Å². The average Bonchev–Trinajstić information content (AvgIpc) is 3.42. The van der Waals surface area contributed by atoms with Crippen LogP contribution in [0.25, 0.3) is 0 Å². The van der Waals surface area contributed by atoms with E-state index >= 15 is 0 Å². The highest BCUT2D eigenvalue weighted by Crippen LogP contribution is 2.47. The minimum atomic E-state index is -0.885. The molecule has 0 spiro atoms. The molecule has 0 unspecified atom stereocenters. The maximum Gasteiger partial charge on any atom is 0.266 e. The number of furan rings is 1. The smallest absolute Gasteiger partial charge is 0.266 e. The van der Waals surface area contributed by atoms with E-state index in [4.69, 9.17) is 9.25 Å². The first-order valence-corrected chi connectivity index (χ1v) is 9.14. The summed E-state index contributed by atoms with van der Waals surface area (Å²) in [5, 5.41) is 1.62. The monoisotopic (exact) mass is 374 g/mol. The molecule has 1 aromatic heterocycles. The SMILES string of the molecule is Cc1ccc(N2C(=O)[C@H]3[C@H](ON(c4ccccc4)[C@H]3c3ccco3)C2=O)cc1. The number of hydrogen-bond acceptors (Lipinski definition) is 5. The van der Waals surface area contributed by atoms with Gasteiger partial charge in [-0.15, -0.1) is 0 Å². The summed E-state index contributed by atoms with van der Waals surface area (Å²) in [7, 11) is 0. The number of hydroxylamine groups is 1. The molecule has 2 aliphatic heterocycles. The van der Waals surface area contributed by atoms with Crippen molar-refractivity contribution < 1.29 is 18.8 Å². The van der Waals surface area contributed by atoms with Crippen LogP contribution < -0.4 is 9.96 Å². The Morgan fingerprint density at radius 2 is 1.57 bits per heavy atom. The summed E-state index contributed by atoms with van der Waals surface area (Å²) in [5.41, 5.74) is 2.38. The minimum absolute atomic E-state index is 0.279. The second-order valence-electron chi connectivity index (χ2n) is 7.02. The molecule has 0 radical (unpaired) electrons. The van der Waals surface area contributed by atoms with Gasteiger partial charge in [-0.2, -0.15) is 0 Å². The minimum Gasteiger partial charge on any atom is -0.467 e. The summed E-state index contributed by atoms with van der Waals surface area (Å²) in [5.74, 6) is -0.726. The van der Waals surface area contributed by atoms with Crippen LogP contribution in [-0.4, -0.2) is 17.9 Å². The molecule has 140 valence electrons. The Morgan fingerprint density at radius 3 is 2.25 bits per heavy atom. The Bertz CT molecular complexity index is 1010. The van der Waals surface area contributed by atoms with E-state index in [0.29, 0.717) is 11.4 Å². The van der Waals surface area contributed by atoms with Gasteiger partial charge in [-0.1, -0.05) is 35.9 Å². The van der Waals surface area contributed by atoms with E-state index in [9.17, 15) is 9.59 Å². The number of carbonyl (C=O) groups excluding carboxylic acids is 2. The zero-order valence-corrected chi connectivity index (χ0v) is 15.2. The van der Waals surface area contributed by atoms with Gasteiger partial charge in [-0.3, -0.25) is 14.4 Å². The van der Waals surface area contributed by atoms with Gasteiger partial charge in [0.1, 0.15) is 17.7 Å². The Labute approximate surface area is 161 Å². The molecule has 6 heteroatoms. The molecule has 6 nitrogen and oxygen atoms in total. The molecule has 3 atom stereocenters. The molecule has 0 saturated carbocycles. The Hall–Kier alpha value is -3.38. The largest absolute Gasteiger partial charge is 0.467 e. The summed E-state index contributed by atoms with van der Waals surface area (Å²) >= 11 is 0. The van der Waals surface area contributed by atoms with Gasteiger partial charge < -0.3 is 4.42 Å². The van der Waals surface area contributed by atoms with Gasteiger partial charge in [-0.05, 0) is 43.3 Å². The Balaban J connectivity index is 1.56. The van der Waals surface area contributed by atoms with Crippen molar-refractivity contribution in [2.45, 2.75) is 19.1 Å². The molecule has 3 heterocycles. The number of rotatable bonds is 3. The van der Waals surface area contributed by atoms with Crippen molar-refractivity contribution in [2.24, 2.45) is 5.92 Å². The highest BCUT2D eigenvalue weighted by Gasteiger charge is 2.61. The molecule has 2 fully saturated rings. The Kier molecular flexibility index (Phi) is 3.80. The molecular weight excluding hydrogens is 356 g/mol. The zero-order chi connectivity index (χ0) is 19.3. The van der Waals surface area contributed by atoms with Crippen LogP contribution in [0.1, 0.15) is 17.4 Å². The van der Waals surface area contributed by atoms with Crippen molar-refractivity contribution in [2.75, 3.05) is 9.96 Å². The summed E-state index contributed by atoms with van der Waals surface area (Å²) < 4.78 is 5.61. The van der Waals surface area contributed by atoms with E-state index in [2.05, 4.69) is 0 Å². The molecule has 2 aliphatic rings. The van der Waals surface area contributed by atoms with Crippen molar-refractivity contribution in [1.29, 1.82) is 0 Å². The normalized spacial score (nSPS) is 24.1. The number of fused-ring (bicyclic) bond motifs is 1. The fourth-order valence-electron chi connectivity index (χ4n) is 3.91. The molecule has 5 rings (SSSR count). The van der Waals surface area contributed by atoms with Gasteiger partial charge in [0.05, 0.1) is 17.6 Å². The standard InChI is InChI=1S/C22H18N2O4/c1-14-9-11-15(12-10-14)23-21(25)18-19(17-8-5-13-27-17)24(28-20(18)22(23)26)16-6-3-2-4-7-16/h2-13,18-20H,1H3/t18-,19+,20+/m1/s1. The van der Waals surface area contributed by atoms with Crippen LogP contribution in [0.4, 0.5) is 11.4 Å². The van der Waals surface area contributed by atoms with E-state index < -0.39 is 18.1 Å². The fraction of sp³-hybridized carbons (Fsp3) is 0.182. The van der Waals surface area contributed by atoms with Crippen LogP contribution >= 0.6 is 0 Å². The van der Waals surface area contributed by atoms with Gasteiger partial charge in [0, 0.05) is 0 Å². The van der Waals surface area contributed by atoms with Crippen LogP contribution in [-0.2, 0) is 14.4 Å². The second kappa shape index (κ2) is 6.35. The van der Waals surface area contributed by atoms with E-state index in [-0.39, 0.29) is 11.8 Å². The summed E-state index contributed by atoms with van der Waals surface area (Å²) in [6.07, 6.45) is 0.675. The van der Waals surface area contributed by atoms with Crippen LogP contribution in [0, 0.1) is 12.8 Å². The first-order valence-electron chi connectivity index (χ1n) is 9.14. The number of anilines is 2. The molecule has 28 heavy (non-hydrogen) atoms. The number of benzene rings is 2. The van der Waals surface area contributed by atoms with E-state index in [1.54, 1.807) is 35.6 Å². The van der Waals surface area contributed by atoms with Crippen molar-refractivity contribution in [3.8, 4) is 0 Å². The lowest BCUT2D eigenvalue weighted by atomic mass is 9.94. The first-order chi connectivity index (χ1) is 13.6. The molecule has 2 aromatic carbocycles. The molecule has 0 N–H and O–H groups in total. The first kappa shape index (κ1) is 16.8. The molecule has 2 amide bonds. The lowest BCUT2D eigenvalue weighted by Crippen LogP contribution is -2.37. The fourth-order valence-corrected chi connectivity index (χ4v) is 3.91.